The molecule has 1 aromatic carbocycles. The maximum Gasteiger partial charge on any atom is 0.315 e. The number of fused-ring (bicyclic) bond motifs is 1. The van der Waals surface area contributed by atoms with E-state index in [0.717, 1.165) is 24.2 Å². The number of hydrogen-bond acceptors (Lipinski definition) is 4. The first kappa shape index (κ1) is 19.2. The Balaban J connectivity index is 1.35. The second kappa shape index (κ2) is 8.90. The maximum absolute atomic E-state index is 12.3. The number of amides is 3. The molecular formula is C20H26N4O2S. The number of rotatable bonds is 6. The summed E-state index contributed by atoms with van der Waals surface area (Å²) in [6.07, 6.45) is 1.25. The zero-order valence-electron chi connectivity index (χ0n) is 15.8. The fraction of sp³-hybridized carbons (Fsp3) is 0.400. The Morgan fingerprint density at radius 1 is 1.15 bits per heavy atom. The summed E-state index contributed by atoms with van der Waals surface area (Å²) >= 11 is 1.76. The zero-order valence-corrected chi connectivity index (χ0v) is 16.6. The van der Waals surface area contributed by atoms with E-state index in [-0.39, 0.29) is 11.9 Å². The van der Waals surface area contributed by atoms with Crippen LogP contribution in [0.4, 0.5) is 10.5 Å². The molecule has 0 saturated heterocycles. The van der Waals surface area contributed by atoms with Gasteiger partial charge >= 0.3 is 6.03 Å². The SMILES string of the molecule is CN(C)c1ccc(CNC(=O)NCCC(=O)N2CCc3sccc3C2)cc1. The van der Waals surface area contributed by atoms with Crippen molar-refractivity contribution in [1.29, 1.82) is 0 Å². The van der Waals surface area contributed by atoms with Crippen LogP contribution in [-0.2, 0) is 24.3 Å². The number of carbonyl (C=O) groups excluding carboxylic acids is 2. The average Bonchev–Trinajstić information content (AvgIpc) is 3.14. The summed E-state index contributed by atoms with van der Waals surface area (Å²) in [4.78, 5) is 29.5. The number of benzene rings is 1. The van der Waals surface area contributed by atoms with Gasteiger partial charge in [0.05, 0.1) is 0 Å². The predicted molar refractivity (Wildman–Crippen MR) is 109 cm³/mol. The third-order valence-corrected chi connectivity index (χ3v) is 5.71. The van der Waals surface area contributed by atoms with E-state index in [1.165, 1.54) is 10.4 Å². The van der Waals surface area contributed by atoms with Gasteiger partial charge in [0.15, 0.2) is 0 Å². The lowest BCUT2D eigenvalue weighted by Gasteiger charge is -2.27. The molecule has 0 saturated carbocycles. The van der Waals surface area contributed by atoms with Crippen molar-refractivity contribution in [1.82, 2.24) is 15.5 Å². The van der Waals surface area contributed by atoms with Gasteiger partial charge in [-0.2, -0.15) is 0 Å². The molecule has 1 aliphatic rings. The van der Waals surface area contributed by atoms with E-state index in [1.807, 2.05) is 48.2 Å². The van der Waals surface area contributed by atoms with Crippen molar-refractivity contribution in [3.8, 4) is 0 Å². The van der Waals surface area contributed by atoms with E-state index in [0.29, 0.717) is 26.1 Å². The van der Waals surface area contributed by atoms with E-state index in [2.05, 4.69) is 22.1 Å². The minimum Gasteiger partial charge on any atom is -0.378 e. The molecule has 7 heteroatoms. The summed E-state index contributed by atoms with van der Waals surface area (Å²) in [6.45, 7) is 2.26. The van der Waals surface area contributed by atoms with Gasteiger partial charge in [0.1, 0.15) is 0 Å². The molecule has 0 unspecified atom stereocenters. The number of hydrogen-bond donors (Lipinski definition) is 2. The number of thiophene rings is 1. The largest absolute Gasteiger partial charge is 0.378 e. The van der Waals surface area contributed by atoms with Crippen LogP contribution in [-0.4, -0.2) is 44.0 Å². The van der Waals surface area contributed by atoms with Crippen molar-refractivity contribution in [3.63, 3.8) is 0 Å². The van der Waals surface area contributed by atoms with Gasteiger partial charge in [0, 0.05) is 57.3 Å². The lowest BCUT2D eigenvalue weighted by atomic mass is 10.1. The molecule has 0 aliphatic carbocycles. The second-order valence-corrected chi connectivity index (χ2v) is 7.86. The normalized spacial score (nSPS) is 13.0. The molecule has 0 atom stereocenters. The van der Waals surface area contributed by atoms with Crippen molar-refractivity contribution in [2.24, 2.45) is 0 Å². The number of urea groups is 1. The fourth-order valence-electron chi connectivity index (χ4n) is 3.06. The molecular weight excluding hydrogens is 360 g/mol. The minimum absolute atomic E-state index is 0.0893. The Bertz CT molecular complexity index is 786. The highest BCUT2D eigenvalue weighted by Gasteiger charge is 2.21. The number of nitrogens with one attached hydrogen (secondary N) is 2. The van der Waals surface area contributed by atoms with Gasteiger partial charge in [-0.05, 0) is 41.1 Å². The van der Waals surface area contributed by atoms with Crippen molar-refractivity contribution < 1.29 is 9.59 Å². The summed E-state index contributed by atoms with van der Waals surface area (Å²) in [5, 5.41) is 7.67. The number of anilines is 1. The van der Waals surface area contributed by atoms with Gasteiger partial charge in [-0.25, -0.2) is 4.79 Å². The maximum atomic E-state index is 12.3. The Morgan fingerprint density at radius 2 is 1.93 bits per heavy atom. The quantitative estimate of drug-likeness (QED) is 0.802. The molecule has 0 radical (unpaired) electrons. The molecule has 0 spiro atoms. The Kier molecular flexibility index (Phi) is 6.34. The third-order valence-electron chi connectivity index (χ3n) is 4.69. The first-order valence-electron chi connectivity index (χ1n) is 9.14. The third kappa shape index (κ3) is 5.23. The first-order valence-corrected chi connectivity index (χ1v) is 10.0. The molecule has 0 fully saturated rings. The molecule has 1 aromatic heterocycles. The predicted octanol–water partition coefficient (Wildman–Crippen LogP) is 2.59. The van der Waals surface area contributed by atoms with Crippen LogP contribution in [0.2, 0.25) is 0 Å². The van der Waals surface area contributed by atoms with Crippen molar-refractivity contribution in [2.45, 2.75) is 25.9 Å². The van der Waals surface area contributed by atoms with Crippen LogP contribution in [0.3, 0.4) is 0 Å². The molecule has 3 amide bonds. The summed E-state index contributed by atoms with van der Waals surface area (Å²) in [5.41, 5.74) is 3.41. The lowest BCUT2D eigenvalue weighted by Crippen LogP contribution is -2.40. The van der Waals surface area contributed by atoms with Gasteiger partial charge in [-0.15, -0.1) is 11.3 Å². The van der Waals surface area contributed by atoms with Gasteiger partial charge in [-0.1, -0.05) is 12.1 Å². The standard InChI is InChI=1S/C20H26N4O2S/c1-23(2)17-5-3-15(4-6-17)13-22-20(26)21-10-7-19(25)24-11-8-18-16(14-24)9-12-27-18/h3-6,9,12H,7-8,10-11,13-14H2,1-2H3,(H2,21,22,26). The van der Waals surface area contributed by atoms with Gasteiger partial charge in [0.2, 0.25) is 5.91 Å². The highest BCUT2D eigenvalue weighted by Crippen LogP contribution is 2.24. The topological polar surface area (TPSA) is 64.7 Å². The molecule has 2 N–H and O–H groups in total. The highest BCUT2D eigenvalue weighted by atomic mass is 32.1. The van der Waals surface area contributed by atoms with E-state index in [1.54, 1.807) is 11.3 Å². The van der Waals surface area contributed by atoms with Crippen LogP contribution in [0.25, 0.3) is 0 Å². The first-order chi connectivity index (χ1) is 13.0. The molecule has 1 aliphatic heterocycles. The zero-order chi connectivity index (χ0) is 19.2. The second-order valence-electron chi connectivity index (χ2n) is 6.85. The molecule has 2 heterocycles. The van der Waals surface area contributed by atoms with E-state index in [9.17, 15) is 9.59 Å². The summed E-state index contributed by atoms with van der Waals surface area (Å²) in [5.74, 6) is 0.0893. The van der Waals surface area contributed by atoms with Gasteiger partial charge in [-0.3, -0.25) is 4.79 Å². The summed E-state index contributed by atoms with van der Waals surface area (Å²) in [6, 6.07) is 9.87. The number of nitrogens with zero attached hydrogens (tertiary/aromatic N) is 2. The molecule has 0 bridgehead atoms. The highest BCUT2D eigenvalue weighted by molar-refractivity contribution is 7.10. The van der Waals surface area contributed by atoms with Crippen LogP contribution < -0.4 is 15.5 Å². The van der Waals surface area contributed by atoms with Crippen molar-refractivity contribution in [3.05, 3.63) is 51.7 Å². The van der Waals surface area contributed by atoms with Gasteiger partial charge < -0.3 is 20.4 Å². The Labute approximate surface area is 164 Å². The average molecular weight is 387 g/mol. The molecule has 144 valence electrons. The Morgan fingerprint density at radius 3 is 2.67 bits per heavy atom. The summed E-state index contributed by atoms with van der Waals surface area (Å²) < 4.78 is 0. The molecule has 2 aromatic rings. The van der Waals surface area contributed by atoms with E-state index in [4.69, 9.17) is 0 Å². The van der Waals surface area contributed by atoms with Crippen LogP contribution >= 0.6 is 11.3 Å². The molecule has 27 heavy (non-hydrogen) atoms. The number of carbonyl (C=O) groups is 2. The van der Waals surface area contributed by atoms with Crippen molar-refractivity contribution >= 4 is 29.0 Å². The molecule has 3 rings (SSSR count). The van der Waals surface area contributed by atoms with Crippen LogP contribution in [0, 0.1) is 0 Å². The summed E-state index contributed by atoms with van der Waals surface area (Å²) in [7, 11) is 3.98. The molecule has 6 nitrogen and oxygen atoms in total. The van der Waals surface area contributed by atoms with Crippen LogP contribution in [0.1, 0.15) is 22.4 Å². The van der Waals surface area contributed by atoms with E-state index >= 15 is 0 Å². The van der Waals surface area contributed by atoms with Crippen LogP contribution in [0.5, 0.6) is 0 Å². The van der Waals surface area contributed by atoms with E-state index < -0.39 is 0 Å². The smallest absolute Gasteiger partial charge is 0.315 e. The lowest BCUT2D eigenvalue weighted by molar-refractivity contribution is -0.131. The monoisotopic (exact) mass is 386 g/mol. The minimum atomic E-state index is -0.252. The van der Waals surface area contributed by atoms with Gasteiger partial charge in [0.25, 0.3) is 0 Å². The Hall–Kier alpha value is -2.54. The fourth-order valence-corrected chi connectivity index (χ4v) is 3.95. The van der Waals surface area contributed by atoms with Crippen LogP contribution in [0.15, 0.2) is 35.7 Å². The van der Waals surface area contributed by atoms with Crippen molar-refractivity contribution in [2.75, 3.05) is 32.1 Å².